The second-order valence-electron chi connectivity index (χ2n) is 17.7. The van der Waals surface area contributed by atoms with Gasteiger partial charge in [-0.25, -0.2) is 19.9 Å². The van der Waals surface area contributed by atoms with Crippen molar-refractivity contribution >= 4 is 90.4 Å². The largest absolute Gasteiger partial charge is 0.489 e. The summed E-state index contributed by atoms with van der Waals surface area (Å²) < 4.78 is 12.2. The van der Waals surface area contributed by atoms with Gasteiger partial charge in [0.2, 0.25) is 5.91 Å². The van der Waals surface area contributed by atoms with Crippen LogP contribution in [-0.4, -0.2) is 79.5 Å². The molecule has 1 amide bonds. The molecule has 0 saturated carbocycles. The number of carboxylic acids is 1. The molecule has 6 aromatic rings. The molecule has 14 nitrogen and oxygen atoms in total. The molecular formula is C48H51N9O5S2. The number of carbonyl (C=O) groups excluding carboxylic acids is 1. The predicted molar refractivity (Wildman–Crippen MR) is 253 cm³/mol. The van der Waals surface area contributed by atoms with Crippen LogP contribution in [0.5, 0.6) is 11.5 Å². The molecule has 2 aliphatic carbocycles. The van der Waals surface area contributed by atoms with Crippen molar-refractivity contribution in [2.75, 3.05) is 23.7 Å². The van der Waals surface area contributed by atoms with E-state index >= 15 is 0 Å². The zero-order chi connectivity index (χ0) is 44.1. The maximum atomic E-state index is 13.0. The zero-order valence-corrected chi connectivity index (χ0v) is 38.1. The first kappa shape index (κ1) is 42.0. The van der Waals surface area contributed by atoms with Gasteiger partial charge in [-0.2, -0.15) is 0 Å². The minimum atomic E-state index is -0.724. The van der Waals surface area contributed by atoms with Crippen molar-refractivity contribution in [3.05, 3.63) is 80.1 Å². The van der Waals surface area contributed by atoms with E-state index in [0.29, 0.717) is 31.8 Å². The summed E-state index contributed by atoms with van der Waals surface area (Å²) in [5.74, 6) is 2.49. The molecule has 2 unspecified atom stereocenters. The fourth-order valence-corrected chi connectivity index (χ4v) is 12.0. The summed E-state index contributed by atoms with van der Waals surface area (Å²) >= 11 is 3.28. The number of rotatable bonds is 10. The number of carbonyl (C=O) groups is 2. The summed E-state index contributed by atoms with van der Waals surface area (Å²) in [5.41, 5.74) is 8.71. The average molecular weight is 898 g/mol. The van der Waals surface area contributed by atoms with Gasteiger partial charge in [0.05, 0.1) is 53.4 Å². The molecule has 64 heavy (non-hydrogen) atoms. The highest BCUT2D eigenvalue weighted by atomic mass is 32.1. The molecule has 3 aliphatic heterocycles. The number of aliphatic imine (C=N–C) groups is 2. The Morgan fingerprint density at radius 3 is 1.67 bits per heavy atom. The Bertz CT molecular complexity index is 2860. The van der Waals surface area contributed by atoms with Crippen LogP contribution < -0.4 is 20.1 Å². The first-order chi connectivity index (χ1) is 31.1. The van der Waals surface area contributed by atoms with E-state index in [0.717, 1.165) is 128 Å². The van der Waals surface area contributed by atoms with Crippen LogP contribution in [0.15, 0.2) is 46.9 Å². The lowest BCUT2D eigenvalue weighted by molar-refractivity contribution is -0.142. The van der Waals surface area contributed by atoms with Gasteiger partial charge < -0.3 is 30.1 Å². The number of carboxylic acid groups (broad SMARTS) is 1. The molecular weight excluding hydrogens is 847 g/mol. The third-order valence-corrected chi connectivity index (χ3v) is 14.8. The monoisotopic (exact) mass is 897 g/mol. The quantitative estimate of drug-likeness (QED) is 0.120. The number of aryl methyl sites for hydroxylation is 2. The number of aromatic nitrogens is 4. The van der Waals surface area contributed by atoms with Crippen molar-refractivity contribution in [2.24, 2.45) is 21.8 Å². The number of hydrogen-bond donors (Lipinski definition) is 3. The molecule has 3 N–H and O–H groups in total. The number of amides is 1. The molecule has 2 aromatic carbocycles. The lowest BCUT2D eigenvalue weighted by Crippen LogP contribution is -2.36. The van der Waals surface area contributed by atoms with E-state index in [1.165, 1.54) is 21.6 Å². The number of hydrogen-bond acceptors (Lipinski definition) is 14. The molecule has 2 atom stereocenters. The van der Waals surface area contributed by atoms with E-state index in [2.05, 4.69) is 63.7 Å². The SMILES string of the molecule is CC(C)Oc1cc2c(cc1Nc1ncnc3sc4c(c13)CCC(C(=O)N1CCCC1)C4)C=NC2.CC(C)Oc1cc2c(cc1Nc1ncnc3sc4c(c13)CCC(C(=O)O)C4)C=NC2. The second-order valence-corrected chi connectivity index (χ2v) is 19.8. The first-order valence-electron chi connectivity index (χ1n) is 22.3. The van der Waals surface area contributed by atoms with Crippen molar-refractivity contribution in [1.82, 2.24) is 24.8 Å². The molecule has 4 aromatic heterocycles. The average Bonchev–Trinajstić information content (AvgIpc) is 4.13. The van der Waals surface area contributed by atoms with Crippen LogP contribution in [0.25, 0.3) is 20.4 Å². The number of benzene rings is 2. The minimum Gasteiger partial charge on any atom is -0.489 e. The summed E-state index contributed by atoms with van der Waals surface area (Å²) in [6.45, 7) is 11.3. The fourth-order valence-electron chi connectivity index (χ4n) is 9.46. The molecule has 16 heteroatoms. The highest BCUT2D eigenvalue weighted by Gasteiger charge is 2.33. The van der Waals surface area contributed by atoms with Crippen LogP contribution in [0.4, 0.5) is 23.0 Å². The van der Waals surface area contributed by atoms with Crippen LogP contribution >= 0.6 is 22.7 Å². The Labute approximate surface area is 379 Å². The smallest absolute Gasteiger partial charge is 0.306 e. The molecule has 0 radical (unpaired) electrons. The standard InChI is InChI=1S/C26H29N5O2S.C22H22N4O3S/c1-15(2)33-21-10-18-13-27-12-17(18)9-20(21)30-24-23-19-6-5-16(26(32)31-7-3-4-8-31)11-22(19)34-25(23)29-14-28-24;1-11(2)29-17-6-14-9-23-8-13(14)5-16(17)26-20-19-15-4-3-12(22(27)28)7-18(15)30-21(19)25-10-24-20/h9-10,12,14-16H,3-8,11,13H2,1-2H3,(H,28,29,30);5-6,8,10-12H,3-4,7,9H2,1-2H3,(H,27,28)(H,24,25,26). The maximum absolute atomic E-state index is 13.0. The molecule has 5 aliphatic rings. The summed E-state index contributed by atoms with van der Waals surface area (Å²) in [4.78, 5) is 57.7. The zero-order valence-electron chi connectivity index (χ0n) is 36.4. The van der Waals surface area contributed by atoms with Gasteiger partial charge in [-0.05, 0) is 137 Å². The molecule has 330 valence electrons. The van der Waals surface area contributed by atoms with Crippen LogP contribution in [-0.2, 0) is 48.4 Å². The van der Waals surface area contributed by atoms with E-state index in [9.17, 15) is 14.7 Å². The first-order valence-corrected chi connectivity index (χ1v) is 23.9. The highest BCUT2D eigenvalue weighted by molar-refractivity contribution is 7.19. The Morgan fingerprint density at radius 2 is 1.19 bits per heavy atom. The van der Waals surface area contributed by atoms with Crippen molar-refractivity contribution in [3.63, 3.8) is 0 Å². The summed E-state index contributed by atoms with van der Waals surface area (Å²) in [6.07, 6.45) is 13.8. The molecule has 0 spiro atoms. The van der Waals surface area contributed by atoms with Crippen LogP contribution in [0.3, 0.4) is 0 Å². The lowest BCUT2D eigenvalue weighted by atomic mass is 9.87. The summed E-state index contributed by atoms with van der Waals surface area (Å²) in [5, 5.41) is 18.5. The van der Waals surface area contributed by atoms with Gasteiger partial charge in [-0.3, -0.25) is 19.6 Å². The predicted octanol–water partition coefficient (Wildman–Crippen LogP) is 9.23. The minimum absolute atomic E-state index is 0.0400. The Balaban J connectivity index is 0.000000153. The number of nitrogens with zero attached hydrogens (tertiary/aromatic N) is 7. The Morgan fingerprint density at radius 1 is 0.703 bits per heavy atom. The molecule has 7 heterocycles. The fraction of sp³-hybridized carbons (Fsp3) is 0.417. The molecule has 11 rings (SSSR count). The van der Waals surface area contributed by atoms with Crippen molar-refractivity contribution < 1.29 is 24.2 Å². The number of ether oxygens (including phenoxy) is 2. The van der Waals surface area contributed by atoms with Gasteiger partial charge in [0.1, 0.15) is 45.5 Å². The number of thiophene rings is 2. The number of anilines is 4. The second kappa shape index (κ2) is 17.5. The summed E-state index contributed by atoms with van der Waals surface area (Å²) in [6, 6.07) is 8.28. The van der Waals surface area contributed by atoms with Crippen LogP contribution in [0, 0.1) is 11.8 Å². The number of nitrogens with one attached hydrogen (secondary N) is 2. The van der Waals surface area contributed by atoms with E-state index in [1.807, 2.05) is 46.2 Å². The molecule has 0 bridgehead atoms. The van der Waals surface area contributed by atoms with Crippen molar-refractivity contribution in [1.29, 1.82) is 0 Å². The van der Waals surface area contributed by atoms with Crippen LogP contribution in [0.1, 0.15) is 96.5 Å². The van der Waals surface area contributed by atoms with Gasteiger partial charge in [-0.1, -0.05) is 0 Å². The van der Waals surface area contributed by atoms with Crippen molar-refractivity contribution in [2.45, 2.75) is 104 Å². The van der Waals surface area contributed by atoms with Crippen molar-refractivity contribution in [3.8, 4) is 11.5 Å². The van der Waals surface area contributed by atoms with Gasteiger partial charge in [0, 0.05) is 41.2 Å². The number of fused-ring (bicyclic) bond motifs is 8. The maximum Gasteiger partial charge on any atom is 0.306 e. The van der Waals surface area contributed by atoms with E-state index in [4.69, 9.17) is 9.47 Å². The topological polar surface area (TPSA) is 176 Å². The van der Waals surface area contributed by atoms with Crippen LogP contribution in [0.2, 0.25) is 0 Å². The summed E-state index contributed by atoms with van der Waals surface area (Å²) in [7, 11) is 0. The van der Waals surface area contributed by atoms with E-state index in [1.54, 1.807) is 35.3 Å². The van der Waals surface area contributed by atoms with E-state index < -0.39 is 5.97 Å². The van der Waals surface area contributed by atoms with Gasteiger partial charge in [0.25, 0.3) is 0 Å². The van der Waals surface area contributed by atoms with Gasteiger partial charge in [0.15, 0.2) is 0 Å². The van der Waals surface area contributed by atoms with Gasteiger partial charge in [-0.15, -0.1) is 22.7 Å². The Hall–Kier alpha value is -6.00. The molecule has 1 saturated heterocycles. The van der Waals surface area contributed by atoms with E-state index in [-0.39, 0.29) is 24.0 Å². The number of likely N-dealkylation sites (tertiary alicyclic amines) is 1. The number of aliphatic carboxylic acids is 1. The third kappa shape index (κ3) is 8.28. The highest BCUT2D eigenvalue weighted by Crippen LogP contribution is 2.44. The lowest BCUT2D eigenvalue weighted by Gasteiger charge is -2.26. The van der Waals surface area contributed by atoms with Gasteiger partial charge >= 0.3 is 5.97 Å². The normalized spacial score (nSPS) is 18.2. The molecule has 1 fully saturated rings. The third-order valence-electron chi connectivity index (χ3n) is 12.5. The Kier molecular flexibility index (Phi) is 11.5.